The summed E-state index contributed by atoms with van der Waals surface area (Å²) >= 11 is 0. The van der Waals surface area contributed by atoms with Gasteiger partial charge < -0.3 is 9.88 Å². The molecule has 7 nitrogen and oxygen atoms in total. The second-order valence-corrected chi connectivity index (χ2v) is 10.3. The van der Waals surface area contributed by atoms with Crippen LogP contribution in [-0.4, -0.2) is 36.8 Å². The van der Waals surface area contributed by atoms with Gasteiger partial charge in [-0.1, -0.05) is 32.4 Å². The third-order valence-corrected chi connectivity index (χ3v) is 7.31. The number of fused-ring (bicyclic) bond motifs is 1. The van der Waals surface area contributed by atoms with E-state index < -0.39 is 17.6 Å². The lowest BCUT2D eigenvalue weighted by Gasteiger charge is -2.32. The molecule has 5 rings (SSSR count). The zero-order valence-electron chi connectivity index (χ0n) is 21.8. The van der Waals surface area contributed by atoms with E-state index in [1.54, 1.807) is 10.6 Å². The van der Waals surface area contributed by atoms with Crippen LogP contribution >= 0.6 is 0 Å². The molecule has 3 heterocycles. The molecule has 1 fully saturated rings. The lowest BCUT2D eigenvalue weighted by molar-refractivity contribution is -0.137. The largest absolute Gasteiger partial charge is 0.416 e. The SMILES string of the molecule is CC(C)c1cc(-c2nc3nc(C=O)nc(NC(C)C4CCC4)c3n2Cc2ccc(C(F)(F)F)cc2)ncc1F. The number of imidazole rings is 1. The minimum atomic E-state index is -4.45. The number of aldehydes is 1. The summed E-state index contributed by atoms with van der Waals surface area (Å²) in [4.78, 5) is 29.4. The number of nitrogens with zero attached hydrogens (tertiary/aromatic N) is 5. The summed E-state index contributed by atoms with van der Waals surface area (Å²) in [6.45, 7) is 5.89. The molecule has 0 aliphatic heterocycles. The third kappa shape index (κ3) is 5.35. The van der Waals surface area contributed by atoms with E-state index in [9.17, 15) is 22.4 Å². The number of benzene rings is 1. The van der Waals surface area contributed by atoms with Crippen molar-refractivity contribution in [3.8, 4) is 11.5 Å². The Hall–Kier alpha value is -3.89. The molecule has 1 atom stereocenters. The topological polar surface area (TPSA) is 85.6 Å². The van der Waals surface area contributed by atoms with Gasteiger partial charge in [-0.05, 0) is 60.9 Å². The number of aromatic nitrogens is 5. The molecular formula is C28H28F4N6O. The Labute approximate surface area is 222 Å². The predicted molar refractivity (Wildman–Crippen MR) is 139 cm³/mol. The summed E-state index contributed by atoms with van der Waals surface area (Å²) in [5, 5.41) is 3.42. The number of pyridine rings is 1. The molecule has 0 spiro atoms. The summed E-state index contributed by atoms with van der Waals surface area (Å²) in [7, 11) is 0. The standard InChI is InChI=1S/C28H28F4N6O/c1-15(2)20-11-22(33-12-21(20)29)27-37-26-24(38(27)13-17-7-9-19(10-8-17)28(30,31)32)25(35-23(14-39)36-26)34-16(3)18-5-4-6-18/h7-12,14-16,18H,4-6,13H2,1-3H3,(H,34,35,36). The summed E-state index contributed by atoms with van der Waals surface area (Å²) < 4.78 is 55.7. The molecule has 1 aliphatic rings. The molecule has 0 radical (unpaired) electrons. The fourth-order valence-corrected chi connectivity index (χ4v) is 4.83. The molecular weight excluding hydrogens is 512 g/mol. The fourth-order valence-electron chi connectivity index (χ4n) is 4.83. The number of hydrogen-bond donors (Lipinski definition) is 1. The predicted octanol–water partition coefficient (Wildman–Crippen LogP) is 6.63. The van der Waals surface area contributed by atoms with E-state index >= 15 is 0 Å². The first kappa shape index (κ1) is 26.7. The van der Waals surface area contributed by atoms with Crippen molar-refractivity contribution >= 4 is 23.3 Å². The summed E-state index contributed by atoms with van der Waals surface area (Å²) in [6, 6.07) is 6.54. The second-order valence-electron chi connectivity index (χ2n) is 10.3. The van der Waals surface area contributed by atoms with Crippen molar-refractivity contribution in [3.05, 3.63) is 64.9 Å². The maximum Gasteiger partial charge on any atom is 0.416 e. The minimum absolute atomic E-state index is 0.0496. The van der Waals surface area contributed by atoms with Gasteiger partial charge in [-0.25, -0.2) is 24.3 Å². The monoisotopic (exact) mass is 540 g/mol. The Kier molecular flexibility index (Phi) is 7.09. The van der Waals surface area contributed by atoms with Gasteiger partial charge in [-0.2, -0.15) is 13.2 Å². The Morgan fingerprint density at radius 3 is 2.41 bits per heavy atom. The van der Waals surface area contributed by atoms with Crippen LogP contribution < -0.4 is 5.32 Å². The van der Waals surface area contributed by atoms with E-state index in [-0.39, 0.29) is 30.0 Å². The smallest absolute Gasteiger partial charge is 0.365 e. The fraction of sp³-hybridized carbons (Fsp3) is 0.393. The van der Waals surface area contributed by atoms with Gasteiger partial charge >= 0.3 is 6.18 Å². The molecule has 39 heavy (non-hydrogen) atoms. The summed E-state index contributed by atoms with van der Waals surface area (Å²) in [5.41, 5.74) is 1.36. The van der Waals surface area contributed by atoms with Crippen LogP contribution in [0, 0.1) is 11.7 Å². The van der Waals surface area contributed by atoms with Crippen molar-refractivity contribution in [3.63, 3.8) is 0 Å². The van der Waals surface area contributed by atoms with Crippen LogP contribution in [-0.2, 0) is 12.7 Å². The number of anilines is 1. The van der Waals surface area contributed by atoms with Gasteiger partial charge in [0.2, 0.25) is 0 Å². The van der Waals surface area contributed by atoms with E-state index in [0.29, 0.717) is 46.2 Å². The quantitative estimate of drug-likeness (QED) is 0.199. The Balaban J connectivity index is 1.69. The highest BCUT2D eigenvalue weighted by Crippen LogP contribution is 2.35. The van der Waals surface area contributed by atoms with Gasteiger partial charge in [-0.15, -0.1) is 0 Å². The van der Waals surface area contributed by atoms with Gasteiger partial charge in [0.25, 0.3) is 0 Å². The molecule has 1 aliphatic carbocycles. The number of carbonyl (C=O) groups excluding carboxylic acids is 1. The van der Waals surface area contributed by atoms with Crippen molar-refractivity contribution in [2.45, 2.75) is 64.7 Å². The maximum atomic E-state index is 14.5. The first-order valence-electron chi connectivity index (χ1n) is 12.9. The molecule has 11 heteroatoms. The average molecular weight is 541 g/mol. The lowest BCUT2D eigenvalue weighted by atomic mass is 9.80. The van der Waals surface area contributed by atoms with Crippen LogP contribution in [0.3, 0.4) is 0 Å². The summed E-state index contributed by atoms with van der Waals surface area (Å²) in [6.07, 6.45) is 0.532. The van der Waals surface area contributed by atoms with Gasteiger partial charge in [0, 0.05) is 12.6 Å². The van der Waals surface area contributed by atoms with Crippen molar-refractivity contribution < 1.29 is 22.4 Å². The highest BCUT2D eigenvalue weighted by molar-refractivity contribution is 5.89. The zero-order chi connectivity index (χ0) is 27.9. The van der Waals surface area contributed by atoms with E-state index in [4.69, 9.17) is 0 Å². The molecule has 204 valence electrons. The van der Waals surface area contributed by atoms with Gasteiger partial charge in [0.05, 0.1) is 11.8 Å². The van der Waals surface area contributed by atoms with Crippen molar-refractivity contribution in [2.75, 3.05) is 5.32 Å². The molecule has 1 aromatic carbocycles. The number of halogens is 4. The first-order valence-corrected chi connectivity index (χ1v) is 12.9. The number of alkyl halides is 3. The summed E-state index contributed by atoms with van der Waals surface area (Å²) in [5.74, 6) is 0.571. The molecule has 1 saturated carbocycles. The van der Waals surface area contributed by atoms with Gasteiger partial charge in [-0.3, -0.25) is 4.79 Å². The number of nitrogens with one attached hydrogen (secondary N) is 1. The average Bonchev–Trinajstić information content (AvgIpc) is 3.21. The number of hydrogen-bond acceptors (Lipinski definition) is 6. The van der Waals surface area contributed by atoms with Crippen LogP contribution in [0.1, 0.15) is 73.3 Å². The van der Waals surface area contributed by atoms with Gasteiger partial charge in [0.15, 0.2) is 29.4 Å². The second kappa shape index (κ2) is 10.3. The van der Waals surface area contributed by atoms with Gasteiger partial charge in [0.1, 0.15) is 17.0 Å². The third-order valence-electron chi connectivity index (χ3n) is 7.31. The van der Waals surface area contributed by atoms with Crippen LogP contribution in [0.5, 0.6) is 0 Å². The highest BCUT2D eigenvalue weighted by atomic mass is 19.4. The van der Waals surface area contributed by atoms with Crippen LogP contribution in [0.15, 0.2) is 36.5 Å². The van der Waals surface area contributed by atoms with E-state index in [2.05, 4.69) is 25.3 Å². The number of carbonyl (C=O) groups is 1. The van der Waals surface area contributed by atoms with Crippen LogP contribution in [0.25, 0.3) is 22.7 Å². The van der Waals surface area contributed by atoms with E-state index in [0.717, 1.165) is 37.6 Å². The molecule has 1 unspecified atom stereocenters. The van der Waals surface area contributed by atoms with Crippen LogP contribution in [0.2, 0.25) is 0 Å². The Morgan fingerprint density at radius 2 is 1.82 bits per heavy atom. The highest BCUT2D eigenvalue weighted by Gasteiger charge is 2.30. The molecule has 1 N–H and O–H groups in total. The molecule has 3 aromatic heterocycles. The van der Waals surface area contributed by atoms with E-state index in [1.807, 2.05) is 20.8 Å². The van der Waals surface area contributed by atoms with Crippen LogP contribution in [0.4, 0.5) is 23.4 Å². The molecule has 4 aromatic rings. The first-order chi connectivity index (χ1) is 18.5. The maximum absolute atomic E-state index is 14.5. The van der Waals surface area contributed by atoms with Crippen molar-refractivity contribution in [1.82, 2.24) is 24.5 Å². The molecule has 0 saturated heterocycles. The minimum Gasteiger partial charge on any atom is -0.365 e. The Morgan fingerprint density at radius 1 is 1.10 bits per heavy atom. The molecule has 0 amide bonds. The van der Waals surface area contributed by atoms with Crippen molar-refractivity contribution in [2.24, 2.45) is 5.92 Å². The van der Waals surface area contributed by atoms with Crippen molar-refractivity contribution in [1.29, 1.82) is 0 Å². The van der Waals surface area contributed by atoms with E-state index in [1.165, 1.54) is 12.1 Å². The number of rotatable bonds is 8. The normalized spacial score (nSPS) is 15.0. The zero-order valence-corrected chi connectivity index (χ0v) is 21.8. The lowest BCUT2D eigenvalue weighted by Crippen LogP contribution is -2.31. The molecule has 0 bridgehead atoms. The Bertz CT molecular complexity index is 1510.